The number of carbonyl (C=O) groups is 2. The van der Waals surface area contributed by atoms with Crippen molar-refractivity contribution in [3.05, 3.63) is 53.6 Å². The number of nitrogens with zero attached hydrogens (tertiary/aromatic N) is 1. The first-order valence-corrected chi connectivity index (χ1v) is 8.92. The average molecular weight is 385 g/mol. The van der Waals surface area contributed by atoms with E-state index in [1.807, 2.05) is 44.4 Å². The minimum absolute atomic E-state index is 0.0837. The molecule has 2 N–H and O–H groups in total. The summed E-state index contributed by atoms with van der Waals surface area (Å²) in [5, 5.41) is 5.74. The zero-order chi connectivity index (χ0) is 20.5. The smallest absolute Gasteiger partial charge is 0.238 e. The van der Waals surface area contributed by atoms with Crippen molar-refractivity contribution in [1.82, 2.24) is 10.2 Å². The summed E-state index contributed by atoms with van der Waals surface area (Å²) in [5.74, 6) is 1.03. The van der Waals surface area contributed by atoms with Crippen molar-refractivity contribution < 1.29 is 19.1 Å². The molecule has 0 atom stereocenters. The molecule has 28 heavy (non-hydrogen) atoms. The van der Waals surface area contributed by atoms with Gasteiger partial charge in [-0.15, -0.1) is 0 Å². The predicted molar refractivity (Wildman–Crippen MR) is 109 cm³/mol. The van der Waals surface area contributed by atoms with Gasteiger partial charge in [-0.3, -0.25) is 9.59 Å². The van der Waals surface area contributed by atoms with E-state index in [1.54, 1.807) is 31.3 Å². The molecule has 0 bridgehead atoms. The molecule has 0 spiro atoms. The van der Waals surface area contributed by atoms with Crippen molar-refractivity contribution >= 4 is 17.5 Å². The highest BCUT2D eigenvalue weighted by Gasteiger charge is 2.09. The monoisotopic (exact) mass is 385 g/mol. The van der Waals surface area contributed by atoms with Gasteiger partial charge in [0.2, 0.25) is 11.8 Å². The maximum absolute atomic E-state index is 12.3. The van der Waals surface area contributed by atoms with Crippen LogP contribution in [0.15, 0.2) is 42.5 Å². The lowest BCUT2D eigenvalue weighted by Crippen LogP contribution is -2.27. The second-order valence-electron chi connectivity index (χ2n) is 6.63. The quantitative estimate of drug-likeness (QED) is 0.691. The van der Waals surface area contributed by atoms with Crippen LogP contribution in [0.5, 0.6) is 11.5 Å². The Morgan fingerprint density at radius 2 is 1.68 bits per heavy atom. The Morgan fingerprint density at radius 3 is 2.36 bits per heavy atom. The summed E-state index contributed by atoms with van der Waals surface area (Å²) in [6.45, 7) is 0.690. The van der Waals surface area contributed by atoms with Crippen LogP contribution >= 0.6 is 0 Å². The second-order valence-corrected chi connectivity index (χ2v) is 6.63. The molecule has 0 unspecified atom stereocenters. The van der Waals surface area contributed by atoms with E-state index in [-0.39, 0.29) is 18.2 Å². The normalized spacial score (nSPS) is 10.5. The van der Waals surface area contributed by atoms with Gasteiger partial charge in [0, 0.05) is 12.2 Å². The molecule has 0 aliphatic carbocycles. The number of carbonyl (C=O) groups excluding carboxylic acids is 2. The summed E-state index contributed by atoms with van der Waals surface area (Å²) in [7, 11) is 6.81. The Labute approximate surface area is 165 Å². The highest BCUT2D eigenvalue weighted by atomic mass is 16.5. The highest BCUT2D eigenvalue weighted by Crippen LogP contribution is 2.27. The van der Waals surface area contributed by atoms with E-state index in [0.717, 1.165) is 11.1 Å². The largest absolute Gasteiger partial charge is 0.493 e. The molecule has 2 aromatic rings. The third-order valence-corrected chi connectivity index (χ3v) is 3.97. The Balaban J connectivity index is 1.90. The van der Waals surface area contributed by atoms with Gasteiger partial charge < -0.3 is 25.0 Å². The van der Waals surface area contributed by atoms with Crippen LogP contribution in [-0.2, 0) is 22.6 Å². The molecule has 0 aromatic heterocycles. The van der Waals surface area contributed by atoms with Crippen molar-refractivity contribution in [2.45, 2.75) is 13.0 Å². The van der Waals surface area contributed by atoms with Gasteiger partial charge in [-0.2, -0.15) is 0 Å². The summed E-state index contributed by atoms with van der Waals surface area (Å²) in [5.41, 5.74) is 2.45. The van der Waals surface area contributed by atoms with Crippen LogP contribution in [0.4, 0.5) is 5.69 Å². The van der Waals surface area contributed by atoms with Crippen LogP contribution < -0.4 is 20.1 Å². The third kappa shape index (κ3) is 6.59. The molecule has 2 rings (SSSR count). The fourth-order valence-electron chi connectivity index (χ4n) is 2.69. The molecule has 0 aliphatic rings. The Kier molecular flexibility index (Phi) is 7.83. The number of hydrogen-bond acceptors (Lipinski definition) is 5. The minimum atomic E-state index is -0.103. The number of methoxy groups -OCH3 is 2. The Hall–Kier alpha value is -3.06. The number of benzene rings is 2. The molecule has 0 radical (unpaired) electrons. The zero-order valence-electron chi connectivity index (χ0n) is 16.7. The first-order valence-electron chi connectivity index (χ1n) is 8.92. The molecule has 150 valence electrons. The summed E-state index contributed by atoms with van der Waals surface area (Å²) >= 11 is 0. The summed E-state index contributed by atoms with van der Waals surface area (Å²) < 4.78 is 10.5. The first-order chi connectivity index (χ1) is 13.4. The van der Waals surface area contributed by atoms with Crippen LogP contribution in [-0.4, -0.2) is 51.6 Å². The number of ether oxygens (including phenoxy) is 2. The first kappa shape index (κ1) is 21.2. The van der Waals surface area contributed by atoms with Gasteiger partial charge in [0.15, 0.2) is 11.5 Å². The van der Waals surface area contributed by atoms with E-state index in [2.05, 4.69) is 10.6 Å². The average Bonchev–Trinajstić information content (AvgIpc) is 2.66. The fourth-order valence-corrected chi connectivity index (χ4v) is 2.69. The molecule has 7 heteroatoms. The van der Waals surface area contributed by atoms with Crippen LogP contribution in [0, 0.1) is 0 Å². The predicted octanol–water partition coefficient (Wildman–Crippen LogP) is 2.06. The number of amides is 2. The molecule has 0 saturated heterocycles. The molecular formula is C21H27N3O4. The van der Waals surface area contributed by atoms with Crippen molar-refractivity contribution in [2.24, 2.45) is 0 Å². The standard InChI is InChI=1S/C21H27N3O4/c1-24(2)14-21(26)23-17-7-5-6-16(10-17)13-22-20(25)12-15-8-9-18(27-3)19(11-15)28-4/h5-11H,12-14H2,1-4H3,(H,22,25)(H,23,26). The molecular weight excluding hydrogens is 358 g/mol. The van der Waals surface area contributed by atoms with Crippen LogP contribution in [0.2, 0.25) is 0 Å². The van der Waals surface area contributed by atoms with Gasteiger partial charge in [-0.05, 0) is 49.5 Å². The van der Waals surface area contributed by atoms with E-state index >= 15 is 0 Å². The number of rotatable bonds is 9. The molecule has 2 aromatic carbocycles. The van der Waals surface area contributed by atoms with E-state index in [0.29, 0.717) is 30.3 Å². The minimum Gasteiger partial charge on any atom is -0.493 e. The molecule has 7 nitrogen and oxygen atoms in total. The SMILES string of the molecule is COc1ccc(CC(=O)NCc2cccc(NC(=O)CN(C)C)c2)cc1OC. The van der Waals surface area contributed by atoms with Crippen molar-refractivity contribution in [1.29, 1.82) is 0 Å². The van der Waals surface area contributed by atoms with Crippen LogP contribution in [0.3, 0.4) is 0 Å². The van der Waals surface area contributed by atoms with E-state index < -0.39 is 0 Å². The summed E-state index contributed by atoms with van der Waals surface area (Å²) in [6, 6.07) is 12.8. The van der Waals surface area contributed by atoms with Crippen molar-refractivity contribution in [2.75, 3.05) is 40.2 Å². The second kappa shape index (κ2) is 10.3. The lowest BCUT2D eigenvalue weighted by molar-refractivity contribution is -0.120. The van der Waals surface area contributed by atoms with Gasteiger partial charge in [0.05, 0.1) is 27.2 Å². The summed E-state index contributed by atoms with van der Waals surface area (Å²) in [6.07, 6.45) is 0.236. The number of anilines is 1. The molecule has 0 fully saturated rings. The maximum Gasteiger partial charge on any atom is 0.238 e. The van der Waals surface area contributed by atoms with Gasteiger partial charge in [0.1, 0.15) is 0 Å². The van der Waals surface area contributed by atoms with Crippen LogP contribution in [0.1, 0.15) is 11.1 Å². The molecule has 0 saturated carbocycles. The third-order valence-electron chi connectivity index (χ3n) is 3.97. The summed E-state index contributed by atoms with van der Waals surface area (Å²) in [4.78, 5) is 25.9. The van der Waals surface area contributed by atoms with Gasteiger partial charge >= 0.3 is 0 Å². The molecule has 0 heterocycles. The van der Waals surface area contributed by atoms with Crippen molar-refractivity contribution in [3.8, 4) is 11.5 Å². The highest BCUT2D eigenvalue weighted by molar-refractivity contribution is 5.92. The number of hydrogen-bond donors (Lipinski definition) is 2. The topological polar surface area (TPSA) is 79.9 Å². The zero-order valence-corrected chi connectivity index (χ0v) is 16.7. The van der Waals surface area contributed by atoms with Gasteiger partial charge in [0.25, 0.3) is 0 Å². The molecule has 0 aliphatic heterocycles. The maximum atomic E-state index is 12.3. The Morgan fingerprint density at radius 1 is 0.929 bits per heavy atom. The molecule has 2 amide bonds. The Bertz CT molecular complexity index is 821. The van der Waals surface area contributed by atoms with Crippen molar-refractivity contribution in [3.63, 3.8) is 0 Å². The van der Waals surface area contributed by atoms with Crippen LogP contribution in [0.25, 0.3) is 0 Å². The van der Waals surface area contributed by atoms with E-state index in [4.69, 9.17) is 9.47 Å². The van der Waals surface area contributed by atoms with E-state index in [1.165, 1.54) is 0 Å². The number of nitrogens with one attached hydrogen (secondary N) is 2. The van der Waals surface area contributed by atoms with E-state index in [9.17, 15) is 9.59 Å². The van der Waals surface area contributed by atoms with Gasteiger partial charge in [-0.25, -0.2) is 0 Å². The lowest BCUT2D eigenvalue weighted by Gasteiger charge is -2.12. The van der Waals surface area contributed by atoms with Gasteiger partial charge in [-0.1, -0.05) is 18.2 Å². The number of likely N-dealkylation sites (N-methyl/N-ethyl adjacent to an activating group) is 1. The fraction of sp³-hybridized carbons (Fsp3) is 0.333. The lowest BCUT2D eigenvalue weighted by atomic mass is 10.1.